The van der Waals surface area contributed by atoms with Crippen molar-refractivity contribution in [1.82, 2.24) is 4.90 Å². The van der Waals surface area contributed by atoms with Crippen LogP contribution in [0.4, 0.5) is 0 Å². The second-order valence-electron chi connectivity index (χ2n) is 5.87. The number of hydrogen-bond donors (Lipinski definition) is 1. The van der Waals surface area contributed by atoms with Crippen molar-refractivity contribution in [2.45, 2.75) is 77.2 Å². The molecule has 2 N–H and O–H groups in total. The van der Waals surface area contributed by atoms with Crippen LogP contribution < -0.4 is 5.73 Å². The Morgan fingerprint density at radius 3 is 1.94 bits per heavy atom. The van der Waals surface area contributed by atoms with E-state index in [2.05, 4.69) is 18.7 Å². The van der Waals surface area contributed by atoms with Gasteiger partial charge in [-0.1, -0.05) is 39.5 Å². The number of nitrogens with zero attached hydrogens (tertiary/aromatic N) is 1. The Hall–Kier alpha value is -0.0800. The SMILES string of the molecule is CCCCN(CCCC)CCC1(N)CCCC1. The first kappa shape index (κ1) is 15.0. The molecule has 17 heavy (non-hydrogen) atoms. The Kier molecular flexibility index (Phi) is 7.14. The van der Waals surface area contributed by atoms with Crippen molar-refractivity contribution in [3.63, 3.8) is 0 Å². The molecule has 0 aromatic heterocycles. The zero-order valence-electron chi connectivity index (χ0n) is 12.0. The topological polar surface area (TPSA) is 29.3 Å². The first-order valence-electron chi connectivity index (χ1n) is 7.71. The van der Waals surface area contributed by atoms with Crippen LogP contribution in [0.1, 0.15) is 71.6 Å². The van der Waals surface area contributed by atoms with E-state index in [-0.39, 0.29) is 5.54 Å². The summed E-state index contributed by atoms with van der Waals surface area (Å²) in [5.41, 5.74) is 6.62. The normalized spacial score (nSPS) is 19.1. The van der Waals surface area contributed by atoms with E-state index in [1.165, 1.54) is 77.4 Å². The Labute approximate surface area is 108 Å². The van der Waals surface area contributed by atoms with Gasteiger partial charge in [-0.25, -0.2) is 0 Å². The van der Waals surface area contributed by atoms with Crippen molar-refractivity contribution in [3.05, 3.63) is 0 Å². The molecule has 1 saturated carbocycles. The number of nitrogens with two attached hydrogens (primary N) is 1. The van der Waals surface area contributed by atoms with Gasteiger partial charge in [-0.05, 0) is 51.7 Å². The molecule has 0 heterocycles. The van der Waals surface area contributed by atoms with Crippen LogP contribution in [0.15, 0.2) is 0 Å². The fourth-order valence-corrected chi connectivity index (χ4v) is 2.81. The van der Waals surface area contributed by atoms with Gasteiger partial charge in [-0.15, -0.1) is 0 Å². The van der Waals surface area contributed by atoms with Crippen molar-refractivity contribution in [1.29, 1.82) is 0 Å². The van der Waals surface area contributed by atoms with E-state index in [9.17, 15) is 0 Å². The van der Waals surface area contributed by atoms with E-state index in [0.717, 1.165) is 0 Å². The molecule has 0 amide bonds. The van der Waals surface area contributed by atoms with Gasteiger partial charge in [0.2, 0.25) is 0 Å². The lowest BCUT2D eigenvalue weighted by Gasteiger charge is -2.29. The predicted octanol–water partition coefficient (Wildman–Crippen LogP) is 3.55. The molecule has 0 aliphatic heterocycles. The minimum absolute atomic E-state index is 0.177. The van der Waals surface area contributed by atoms with Crippen LogP contribution in [-0.2, 0) is 0 Å². The van der Waals surface area contributed by atoms with Crippen LogP contribution in [0.5, 0.6) is 0 Å². The molecule has 2 heteroatoms. The highest BCUT2D eigenvalue weighted by molar-refractivity contribution is 4.89. The van der Waals surface area contributed by atoms with Crippen LogP contribution in [0.25, 0.3) is 0 Å². The lowest BCUT2D eigenvalue weighted by molar-refractivity contribution is 0.232. The van der Waals surface area contributed by atoms with Crippen molar-refractivity contribution < 1.29 is 0 Å². The highest BCUT2D eigenvalue weighted by Crippen LogP contribution is 2.30. The number of unbranched alkanes of at least 4 members (excludes halogenated alkanes) is 2. The van der Waals surface area contributed by atoms with Gasteiger partial charge >= 0.3 is 0 Å². The molecule has 0 spiro atoms. The Balaban J connectivity index is 2.26. The molecule has 0 aromatic rings. The van der Waals surface area contributed by atoms with E-state index in [0.29, 0.717) is 0 Å². The van der Waals surface area contributed by atoms with Gasteiger partial charge in [0.05, 0.1) is 0 Å². The second kappa shape index (κ2) is 8.10. The van der Waals surface area contributed by atoms with E-state index in [1.54, 1.807) is 0 Å². The van der Waals surface area contributed by atoms with Crippen LogP contribution >= 0.6 is 0 Å². The Morgan fingerprint density at radius 1 is 0.941 bits per heavy atom. The second-order valence-corrected chi connectivity index (χ2v) is 5.87. The molecule has 1 aliphatic carbocycles. The molecule has 0 unspecified atom stereocenters. The first-order valence-corrected chi connectivity index (χ1v) is 7.71. The lowest BCUT2D eigenvalue weighted by Crippen LogP contribution is -2.41. The van der Waals surface area contributed by atoms with Crippen molar-refractivity contribution in [3.8, 4) is 0 Å². The fourth-order valence-electron chi connectivity index (χ4n) is 2.81. The molecular weight excluding hydrogens is 208 g/mol. The Morgan fingerprint density at radius 2 is 1.47 bits per heavy atom. The molecule has 102 valence electrons. The fraction of sp³-hybridized carbons (Fsp3) is 1.00. The largest absolute Gasteiger partial charge is 0.325 e. The Bertz CT molecular complexity index is 177. The van der Waals surface area contributed by atoms with Gasteiger partial charge in [0.15, 0.2) is 0 Å². The predicted molar refractivity (Wildman–Crippen MR) is 76.3 cm³/mol. The molecule has 0 saturated heterocycles. The molecule has 0 radical (unpaired) electrons. The maximum Gasteiger partial charge on any atom is 0.0166 e. The molecule has 0 aromatic carbocycles. The molecular formula is C15H32N2. The highest BCUT2D eigenvalue weighted by atomic mass is 15.1. The molecule has 2 nitrogen and oxygen atoms in total. The van der Waals surface area contributed by atoms with Crippen LogP contribution in [0, 0.1) is 0 Å². The van der Waals surface area contributed by atoms with E-state index < -0.39 is 0 Å². The summed E-state index contributed by atoms with van der Waals surface area (Å²) in [7, 11) is 0. The third kappa shape index (κ3) is 5.87. The molecule has 1 aliphatic rings. The smallest absolute Gasteiger partial charge is 0.0166 e. The van der Waals surface area contributed by atoms with E-state index >= 15 is 0 Å². The summed E-state index contributed by atoms with van der Waals surface area (Å²) in [5.74, 6) is 0. The third-order valence-electron chi connectivity index (χ3n) is 4.18. The molecule has 1 rings (SSSR count). The van der Waals surface area contributed by atoms with Crippen molar-refractivity contribution in [2.75, 3.05) is 19.6 Å². The van der Waals surface area contributed by atoms with Gasteiger partial charge in [0.25, 0.3) is 0 Å². The van der Waals surface area contributed by atoms with Crippen LogP contribution in [0.3, 0.4) is 0 Å². The zero-order valence-corrected chi connectivity index (χ0v) is 12.0. The monoisotopic (exact) mass is 240 g/mol. The average molecular weight is 240 g/mol. The molecule has 0 bridgehead atoms. The molecule has 0 atom stereocenters. The van der Waals surface area contributed by atoms with Crippen LogP contribution in [0.2, 0.25) is 0 Å². The summed E-state index contributed by atoms with van der Waals surface area (Å²) in [6, 6.07) is 0. The molecule has 1 fully saturated rings. The third-order valence-corrected chi connectivity index (χ3v) is 4.18. The summed E-state index contributed by atoms with van der Waals surface area (Å²) in [6.45, 7) is 8.31. The number of hydrogen-bond acceptors (Lipinski definition) is 2. The van der Waals surface area contributed by atoms with Gasteiger partial charge in [-0.3, -0.25) is 0 Å². The maximum atomic E-state index is 6.44. The summed E-state index contributed by atoms with van der Waals surface area (Å²) >= 11 is 0. The quantitative estimate of drug-likeness (QED) is 0.668. The van der Waals surface area contributed by atoms with Crippen LogP contribution in [-0.4, -0.2) is 30.1 Å². The minimum Gasteiger partial charge on any atom is -0.325 e. The average Bonchev–Trinajstić information content (AvgIpc) is 2.76. The van der Waals surface area contributed by atoms with Gasteiger partial charge in [0.1, 0.15) is 0 Å². The zero-order chi connectivity index (χ0) is 12.6. The van der Waals surface area contributed by atoms with Crippen molar-refractivity contribution in [2.24, 2.45) is 5.73 Å². The van der Waals surface area contributed by atoms with E-state index in [1.807, 2.05) is 0 Å². The summed E-state index contributed by atoms with van der Waals surface area (Å²) in [6.07, 6.45) is 11.7. The lowest BCUT2D eigenvalue weighted by atomic mass is 9.94. The van der Waals surface area contributed by atoms with Gasteiger partial charge < -0.3 is 10.6 Å². The first-order chi connectivity index (χ1) is 8.20. The van der Waals surface area contributed by atoms with Crippen molar-refractivity contribution >= 4 is 0 Å². The van der Waals surface area contributed by atoms with E-state index in [4.69, 9.17) is 5.73 Å². The summed E-state index contributed by atoms with van der Waals surface area (Å²) in [5, 5.41) is 0. The number of rotatable bonds is 9. The highest BCUT2D eigenvalue weighted by Gasteiger charge is 2.29. The maximum absolute atomic E-state index is 6.44. The minimum atomic E-state index is 0.177. The summed E-state index contributed by atoms with van der Waals surface area (Å²) in [4.78, 5) is 2.64. The van der Waals surface area contributed by atoms with Gasteiger partial charge in [0, 0.05) is 5.54 Å². The van der Waals surface area contributed by atoms with Gasteiger partial charge in [-0.2, -0.15) is 0 Å². The summed E-state index contributed by atoms with van der Waals surface area (Å²) < 4.78 is 0. The standard InChI is InChI=1S/C15H32N2/c1-3-5-12-17(13-6-4-2)14-11-15(16)9-7-8-10-15/h3-14,16H2,1-2H3.